The molecule has 0 aromatic heterocycles. The van der Waals surface area contributed by atoms with Crippen LogP contribution in [0.1, 0.15) is 0 Å². The van der Waals surface area contributed by atoms with E-state index in [1.807, 2.05) is 0 Å². The van der Waals surface area contributed by atoms with Crippen LogP contribution in [-0.2, 0) is 21.7 Å². The normalized spacial score (nSPS) is 0. The molecule has 0 aliphatic heterocycles. The van der Waals surface area contributed by atoms with Crippen molar-refractivity contribution in [3.63, 3.8) is 0 Å². The van der Waals surface area contributed by atoms with Gasteiger partial charge in [-0.05, 0) is 0 Å². The zero-order valence-electron chi connectivity index (χ0n) is 2.13. The van der Waals surface area contributed by atoms with E-state index in [0.717, 1.165) is 0 Å². The Morgan fingerprint density at radius 1 is 0.500 bits per heavy atom. The topological polar surface area (TPSA) is 0 Å². The Bertz CT molecular complexity index is 7.51. The number of rotatable bonds is 0. The standard InChI is InChI=1S/4FH.K.Ti.H/h4*1H;;;. The monoisotopic (exact) mass is 168 g/mol. The first-order valence-electron chi connectivity index (χ1n) is 0. The summed E-state index contributed by atoms with van der Waals surface area (Å²) in [5.74, 6) is 0. The molecule has 0 unspecified atom stereocenters. The summed E-state index contributed by atoms with van der Waals surface area (Å²) in [6, 6.07) is 0. The van der Waals surface area contributed by atoms with Crippen LogP contribution >= 0.6 is 0 Å². The molecular weight excluding hydrogens is 163 g/mol. The van der Waals surface area contributed by atoms with Crippen molar-refractivity contribution in [3.05, 3.63) is 0 Å². The second-order valence-corrected chi connectivity index (χ2v) is 0. The van der Waals surface area contributed by atoms with Gasteiger partial charge in [-0.25, -0.2) is 0 Å². The van der Waals surface area contributed by atoms with Crippen molar-refractivity contribution in [1.82, 2.24) is 0 Å². The van der Waals surface area contributed by atoms with Crippen LogP contribution in [0, 0.1) is 0 Å². The van der Waals surface area contributed by atoms with Crippen LogP contribution in [0.2, 0.25) is 0 Å². The largest absolute Gasteiger partial charge is 0 e. The van der Waals surface area contributed by atoms with E-state index in [4.69, 9.17) is 0 Å². The van der Waals surface area contributed by atoms with Gasteiger partial charge in [-0.15, -0.1) is 0 Å². The van der Waals surface area contributed by atoms with E-state index in [1.54, 1.807) is 0 Å². The molecule has 6 heavy (non-hydrogen) atoms. The van der Waals surface area contributed by atoms with Crippen molar-refractivity contribution in [2.45, 2.75) is 0 Å². The maximum atomic E-state index is 0. The smallest absolute Gasteiger partial charge is 0 e. The van der Waals surface area contributed by atoms with Gasteiger partial charge in [0.2, 0.25) is 0 Å². The Morgan fingerprint density at radius 3 is 0.500 bits per heavy atom. The molecule has 0 spiro atoms. The molecule has 0 aliphatic carbocycles. The summed E-state index contributed by atoms with van der Waals surface area (Å²) in [4.78, 5) is 0. The molecule has 6 heteroatoms. The van der Waals surface area contributed by atoms with Gasteiger partial charge in [-0.1, -0.05) is 0 Å². The van der Waals surface area contributed by atoms with Gasteiger partial charge < -0.3 is 0 Å². The van der Waals surface area contributed by atoms with Crippen LogP contribution in [-0.4, -0.2) is 51.4 Å². The average molecular weight is 168 g/mol. The van der Waals surface area contributed by atoms with Crippen molar-refractivity contribution in [1.29, 1.82) is 0 Å². The maximum Gasteiger partial charge on any atom is 0 e. The van der Waals surface area contributed by atoms with Crippen LogP contribution in [0.15, 0.2) is 0 Å². The summed E-state index contributed by atoms with van der Waals surface area (Å²) in [6.45, 7) is 0. The minimum absolute atomic E-state index is 0. The quantitative estimate of drug-likeness (QED) is 0.351. The minimum Gasteiger partial charge on any atom is 0 e. The zero-order chi connectivity index (χ0) is 0. The first-order chi connectivity index (χ1) is 0. The van der Waals surface area contributed by atoms with Gasteiger partial charge in [-0.3, -0.25) is 18.8 Å². The first kappa shape index (κ1) is 94.1. The summed E-state index contributed by atoms with van der Waals surface area (Å²) >= 11 is 0. The fourth-order valence-electron chi connectivity index (χ4n) is 0. The average Bonchev–Trinajstić information content (AvgIpc) is 0. The molecule has 0 N–H and O–H groups in total. The van der Waals surface area contributed by atoms with Gasteiger partial charge in [-0.2, -0.15) is 0 Å². The number of hydrogen-bond donors (Lipinski definition) is 0. The van der Waals surface area contributed by atoms with E-state index in [2.05, 4.69) is 0 Å². The van der Waals surface area contributed by atoms with Crippen molar-refractivity contribution < 1.29 is 40.5 Å². The van der Waals surface area contributed by atoms with Gasteiger partial charge in [0.15, 0.2) is 0 Å². The fraction of sp³-hybridized carbons (Fsp3) is 0. The second kappa shape index (κ2) is 60.8. The molecule has 0 bridgehead atoms. The molecule has 0 saturated heterocycles. The molecule has 0 amide bonds. The molecule has 0 radical (unpaired) electrons. The van der Waals surface area contributed by atoms with E-state index in [0.29, 0.717) is 0 Å². The van der Waals surface area contributed by atoms with Crippen molar-refractivity contribution >= 4 is 51.4 Å². The Kier molecular flexibility index (Phi) is 953. The maximum absolute atomic E-state index is 0. The third kappa shape index (κ3) is 36.4. The van der Waals surface area contributed by atoms with Gasteiger partial charge >= 0.3 is 51.4 Å². The Hall–Kier alpha value is 2.07. The van der Waals surface area contributed by atoms with E-state index >= 15 is 0 Å². The molecule has 0 atom stereocenters. The molecule has 0 aromatic carbocycles. The van der Waals surface area contributed by atoms with Gasteiger partial charge in [0, 0.05) is 21.7 Å². The summed E-state index contributed by atoms with van der Waals surface area (Å²) in [5.41, 5.74) is 0. The Morgan fingerprint density at radius 2 is 0.500 bits per heavy atom. The van der Waals surface area contributed by atoms with Crippen molar-refractivity contribution in [2.24, 2.45) is 0 Å². The van der Waals surface area contributed by atoms with Gasteiger partial charge in [0.1, 0.15) is 0 Å². The SMILES string of the molecule is F.F.F.F.[KH].[Ti]. The molecular formula is H5F4KTi. The molecule has 0 nitrogen and oxygen atoms in total. The fourth-order valence-corrected chi connectivity index (χ4v) is 0. The summed E-state index contributed by atoms with van der Waals surface area (Å²) < 4.78 is 0. The molecule has 0 fully saturated rings. The van der Waals surface area contributed by atoms with Crippen LogP contribution in [0.5, 0.6) is 0 Å². The second-order valence-electron chi connectivity index (χ2n) is 0. The van der Waals surface area contributed by atoms with Gasteiger partial charge in [0.05, 0.1) is 0 Å². The van der Waals surface area contributed by atoms with Crippen molar-refractivity contribution in [2.75, 3.05) is 0 Å². The molecule has 0 rings (SSSR count). The summed E-state index contributed by atoms with van der Waals surface area (Å²) in [7, 11) is 0. The molecule has 0 aliphatic rings. The van der Waals surface area contributed by atoms with Gasteiger partial charge in [0.25, 0.3) is 0 Å². The van der Waals surface area contributed by atoms with E-state index in [-0.39, 0.29) is 91.9 Å². The zero-order valence-corrected chi connectivity index (χ0v) is 3.69. The van der Waals surface area contributed by atoms with Crippen LogP contribution in [0.4, 0.5) is 18.8 Å². The predicted octanol–water partition coefficient (Wildman–Crippen LogP) is -0.0410. The summed E-state index contributed by atoms with van der Waals surface area (Å²) in [5, 5.41) is 0. The first-order valence-corrected chi connectivity index (χ1v) is 0. The Balaban J connectivity index is 0. The Labute approximate surface area is 90.2 Å². The van der Waals surface area contributed by atoms with E-state index in [1.165, 1.54) is 0 Å². The predicted molar refractivity (Wildman–Crippen MR) is 17.2 cm³/mol. The van der Waals surface area contributed by atoms with Crippen LogP contribution in [0.25, 0.3) is 0 Å². The minimum atomic E-state index is 0. The number of hydrogen-bond acceptors (Lipinski definition) is 0. The van der Waals surface area contributed by atoms with E-state index in [9.17, 15) is 0 Å². The molecule has 0 heterocycles. The summed E-state index contributed by atoms with van der Waals surface area (Å²) in [6.07, 6.45) is 0. The molecule has 38 valence electrons. The van der Waals surface area contributed by atoms with Crippen LogP contribution in [0.3, 0.4) is 0 Å². The third-order valence-corrected chi connectivity index (χ3v) is 0. The van der Waals surface area contributed by atoms with Crippen molar-refractivity contribution in [3.8, 4) is 0 Å². The van der Waals surface area contributed by atoms with Crippen LogP contribution < -0.4 is 0 Å². The third-order valence-electron chi connectivity index (χ3n) is 0. The number of halogens is 4. The molecule has 0 aromatic rings. The molecule has 0 saturated carbocycles. The van der Waals surface area contributed by atoms with E-state index < -0.39 is 0 Å².